The molecule has 0 aliphatic heterocycles. The minimum Gasteiger partial charge on any atom is -0.316 e. The lowest BCUT2D eigenvalue weighted by Crippen LogP contribution is -2.32. The van der Waals surface area contributed by atoms with Gasteiger partial charge in [0.2, 0.25) is 0 Å². The highest BCUT2D eigenvalue weighted by molar-refractivity contribution is 5.27. The van der Waals surface area contributed by atoms with Crippen LogP contribution in [0, 0.1) is 24.6 Å². The zero-order valence-corrected chi connectivity index (χ0v) is 13.1. The number of halogens is 1. The van der Waals surface area contributed by atoms with Crippen LogP contribution >= 0.6 is 0 Å². The second-order valence-electron chi connectivity index (χ2n) is 6.55. The van der Waals surface area contributed by atoms with Gasteiger partial charge in [-0.1, -0.05) is 26.3 Å². The monoisotopic (exact) mass is 277 g/mol. The average molecular weight is 277 g/mol. The first-order valence-electron chi connectivity index (χ1n) is 8.08. The van der Waals surface area contributed by atoms with E-state index in [0.29, 0.717) is 11.8 Å². The van der Waals surface area contributed by atoms with Gasteiger partial charge in [0.05, 0.1) is 0 Å². The Morgan fingerprint density at radius 1 is 1.25 bits per heavy atom. The second kappa shape index (κ2) is 7.21. The normalized spacial score (nSPS) is 26.7. The van der Waals surface area contributed by atoms with Crippen LogP contribution in [0.3, 0.4) is 0 Å². The van der Waals surface area contributed by atoms with Crippen molar-refractivity contribution >= 4 is 0 Å². The van der Waals surface area contributed by atoms with Crippen molar-refractivity contribution in [1.82, 2.24) is 5.32 Å². The molecule has 3 atom stereocenters. The Bertz CT molecular complexity index is 409. The number of nitrogens with one attached hydrogen (secondary N) is 1. The summed E-state index contributed by atoms with van der Waals surface area (Å²) in [5, 5.41) is 3.55. The smallest absolute Gasteiger partial charge is 0.123 e. The standard InChI is InChI=1S/C18H28FN/c1-4-7-20-12-15-6-5-13(2)10-18(15)16-8-14(3)9-17(19)11-16/h8-9,11,13,15,18,20H,4-7,10,12H2,1-3H3. The Morgan fingerprint density at radius 2 is 2.05 bits per heavy atom. The number of aryl methyl sites for hydroxylation is 1. The van der Waals surface area contributed by atoms with Gasteiger partial charge in [-0.05, 0) is 80.3 Å². The second-order valence-corrected chi connectivity index (χ2v) is 6.55. The summed E-state index contributed by atoms with van der Waals surface area (Å²) in [4.78, 5) is 0. The molecule has 0 heterocycles. The third-order valence-electron chi connectivity index (χ3n) is 4.58. The Labute approximate surface area is 123 Å². The third-order valence-corrected chi connectivity index (χ3v) is 4.58. The quantitative estimate of drug-likeness (QED) is 0.772. The highest BCUT2D eigenvalue weighted by Crippen LogP contribution is 2.40. The molecule has 1 fully saturated rings. The molecule has 1 aliphatic carbocycles. The van der Waals surface area contributed by atoms with Crippen LogP contribution in [0.2, 0.25) is 0 Å². The molecule has 1 saturated carbocycles. The predicted molar refractivity (Wildman–Crippen MR) is 83.5 cm³/mol. The minimum absolute atomic E-state index is 0.0847. The van der Waals surface area contributed by atoms with Gasteiger partial charge in [-0.15, -0.1) is 0 Å². The average Bonchev–Trinajstić information content (AvgIpc) is 2.39. The van der Waals surface area contributed by atoms with Crippen molar-refractivity contribution in [2.45, 2.75) is 52.4 Å². The molecule has 1 aromatic carbocycles. The Balaban J connectivity index is 2.14. The Kier molecular flexibility index (Phi) is 5.59. The van der Waals surface area contributed by atoms with Crippen molar-refractivity contribution in [3.63, 3.8) is 0 Å². The molecule has 2 heteroatoms. The summed E-state index contributed by atoms with van der Waals surface area (Å²) in [6.45, 7) is 8.67. The molecule has 0 spiro atoms. The van der Waals surface area contributed by atoms with Crippen molar-refractivity contribution < 1.29 is 4.39 Å². The van der Waals surface area contributed by atoms with E-state index in [1.807, 2.05) is 6.92 Å². The van der Waals surface area contributed by atoms with E-state index < -0.39 is 0 Å². The van der Waals surface area contributed by atoms with Crippen LogP contribution in [0.1, 0.15) is 56.6 Å². The molecular formula is C18H28FN. The van der Waals surface area contributed by atoms with E-state index in [-0.39, 0.29) is 5.82 Å². The maximum Gasteiger partial charge on any atom is 0.123 e. The van der Waals surface area contributed by atoms with Gasteiger partial charge >= 0.3 is 0 Å². The fraction of sp³-hybridized carbons (Fsp3) is 0.667. The first-order valence-corrected chi connectivity index (χ1v) is 8.08. The van der Waals surface area contributed by atoms with Crippen LogP contribution in [0.5, 0.6) is 0 Å². The van der Waals surface area contributed by atoms with Crippen molar-refractivity contribution in [1.29, 1.82) is 0 Å². The maximum absolute atomic E-state index is 13.7. The number of rotatable bonds is 5. The van der Waals surface area contributed by atoms with Crippen molar-refractivity contribution in [3.8, 4) is 0 Å². The summed E-state index contributed by atoms with van der Waals surface area (Å²) in [5.74, 6) is 1.83. The van der Waals surface area contributed by atoms with E-state index in [9.17, 15) is 4.39 Å². The Morgan fingerprint density at radius 3 is 2.75 bits per heavy atom. The van der Waals surface area contributed by atoms with Crippen molar-refractivity contribution in [3.05, 3.63) is 35.1 Å². The molecule has 0 bridgehead atoms. The molecule has 2 rings (SSSR count). The first-order chi connectivity index (χ1) is 9.60. The maximum atomic E-state index is 13.7. The van der Waals surface area contributed by atoms with Crippen molar-refractivity contribution in [2.24, 2.45) is 11.8 Å². The molecular weight excluding hydrogens is 249 g/mol. The highest BCUT2D eigenvalue weighted by Gasteiger charge is 2.29. The van der Waals surface area contributed by atoms with E-state index in [2.05, 4.69) is 25.2 Å². The van der Waals surface area contributed by atoms with E-state index >= 15 is 0 Å². The Hall–Kier alpha value is -0.890. The molecule has 112 valence electrons. The molecule has 1 aromatic rings. The lowest BCUT2D eigenvalue weighted by atomic mass is 9.71. The zero-order chi connectivity index (χ0) is 14.5. The molecule has 1 nitrogen and oxygen atoms in total. The summed E-state index contributed by atoms with van der Waals surface area (Å²) in [6, 6.07) is 5.56. The molecule has 0 saturated heterocycles. The van der Waals surface area contributed by atoms with E-state index in [0.717, 1.165) is 24.6 Å². The topological polar surface area (TPSA) is 12.0 Å². The van der Waals surface area contributed by atoms with Gasteiger partial charge in [0, 0.05) is 0 Å². The van der Waals surface area contributed by atoms with Gasteiger partial charge in [0.1, 0.15) is 5.82 Å². The first kappa shape index (κ1) is 15.5. The lowest BCUT2D eigenvalue weighted by molar-refractivity contribution is 0.241. The largest absolute Gasteiger partial charge is 0.316 e. The van der Waals surface area contributed by atoms with Crippen LogP contribution in [0.25, 0.3) is 0 Å². The molecule has 20 heavy (non-hydrogen) atoms. The van der Waals surface area contributed by atoms with Crippen LogP contribution in [0.4, 0.5) is 4.39 Å². The van der Waals surface area contributed by atoms with Gasteiger partial charge in [-0.3, -0.25) is 0 Å². The summed E-state index contributed by atoms with van der Waals surface area (Å²) < 4.78 is 13.7. The molecule has 1 aliphatic rings. The van der Waals surface area contributed by atoms with Gasteiger partial charge in [-0.25, -0.2) is 4.39 Å². The molecule has 0 radical (unpaired) electrons. The fourth-order valence-corrected chi connectivity index (χ4v) is 3.54. The van der Waals surface area contributed by atoms with Crippen LogP contribution in [-0.4, -0.2) is 13.1 Å². The van der Waals surface area contributed by atoms with Crippen LogP contribution in [-0.2, 0) is 0 Å². The van der Waals surface area contributed by atoms with Crippen LogP contribution < -0.4 is 5.32 Å². The zero-order valence-electron chi connectivity index (χ0n) is 13.1. The SMILES string of the molecule is CCCNCC1CCC(C)CC1c1cc(C)cc(F)c1. The molecule has 0 aromatic heterocycles. The summed E-state index contributed by atoms with van der Waals surface area (Å²) in [6.07, 6.45) is 4.94. The molecule has 0 amide bonds. The van der Waals surface area contributed by atoms with E-state index in [1.165, 1.54) is 31.2 Å². The summed E-state index contributed by atoms with van der Waals surface area (Å²) in [5.41, 5.74) is 2.25. The van der Waals surface area contributed by atoms with Gasteiger partial charge in [-0.2, -0.15) is 0 Å². The lowest BCUT2D eigenvalue weighted by Gasteiger charge is -2.35. The predicted octanol–water partition coefficient (Wildman–Crippen LogP) is 4.65. The van der Waals surface area contributed by atoms with Gasteiger partial charge < -0.3 is 5.32 Å². The van der Waals surface area contributed by atoms with E-state index in [4.69, 9.17) is 0 Å². The fourth-order valence-electron chi connectivity index (χ4n) is 3.54. The van der Waals surface area contributed by atoms with Gasteiger partial charge in [0.25, 0.3) is 0 Å². The number of hydrogen-bond acceptors (Lipinski definition) is 1. The summed E-state index contributed by atoms with van der Waals surface area (Å²) >= 11 is 0. The van der Waals surface area contributed by atoms with E-state index in [1.54, 1.807) is 12.1 Å². The highest BCUT2D eigenvalue weighted by atomic mass is 19.1. The number of benzene rings is 1. The third kappa shape index (κ3) is 4.05. The number of hydrogen-bond donors (Lipinski definition) is 1. The minimum atomic E-state index is -0.0847. The summed E-state index contributed by atoms with van der Waals surface area (Å²) in [7, 11) is 0. The van der Waals surface area contributed by atoms with Crippen LogP contribution in [0.15, 0.2) is 18.2 Å². The van der Waals surface area contributed by atoms with Gasteiger partial charge in [0.15, 0.2) is 0 Å². The molecule has 1 N–H and O–H groups in total. The molecule has 3 unspecified atom stereocenters. The van der Waals surface area contributed by atoms with Crippen molar-refractivity contribution in [2.75, 3.05) is 13.1 Å².